The number of nitrogens with one attached hydrogen (secondary N) is 1. The van der Waals surface area contributed by atoms with Crippen LogP contribution in [0.15, 0.2) is 274 Å². The number of nitrogens with two attached hydrogens (primary N) is 2. The number of unbranched alkanes of at least 4 members (excludes halogenated alkanes) is 1. The number of aromatic nitrogens is 9. The molecule has 8 aromatic carbocycles. The average molecular weight is 1630 g/mol. The van der Waals surface area contributed by atoms with E-state index in [4.69, 9.17) is 80.0 Å². The van der Waals surface area contributed by atoms with Gasteiger partial charge in [-0.3, -0.25) is 28.9 Å². The van der Waals surface area contributed by atoms with E-state index in [0.29, 0.717) is 63.3 Å². The summed E-state index contributed by atoms with van der Waals surface area (Å²) in [7, 11) is 0. The zero-order valence-electron chi connectivity index (χ0n) is 65.1. The first-order valence-electron chi connectivity index (χ1n) is 37.1. The molecule has 4 atom stereocenters. The normalized spacial score (nSPS) is 13.6. The Morgan fingerprint density at radius 2 is 1.06 bits per heavy atom. The Labute approximate surface area is 710 Å². The van der Waals surface area contributed by atoms with Crippen LogP contribution < -0.4 is 54.6 Å². The number of hydrogen-bond acceptors (Lipinski definition) is 20. The van der Waals surface area contributed by atoms with E-state index in [1.807, 2.05) is 176 Å². The Morgan fingerprint density at radius 3 is 1.48 bits per heavy atom. The molecule has 15 rings (SSSR count). The number of carbonyl (C=O) groups excluding carboxylic acids is 2. The van der Waals surface area contributed by atoms with E-state index in [1.165, 1.54) is 36.1 Å². The molecule has 117 heavy (non-hydrogen) atoms. The van der Waals surface area contributed by atoms with Crippen molar-refractivity contribution in [2.45, 2.75) is 97.3 Å². The van der Waals surface area contributed by atoms with Gasteiger partial charge in [-0.25, -0.2) is 29.7 Å². The number of aliphatic carboxylic acids is 1. The van der Waals surface area contributed by atoms with Crippen LogP contribution in [-0.2, 0) is 9.53 Å². The number of halogens is 3. The van der Waals surface area contributed by atoms with Gasteiger partial charge in [-0.15, -0.1) is 0 Å². The summed E-state index contributed by atoms with van der Waals surface area (Å²) in [5.41, 5.74) is 17.7. The number of anilines is 1. The predicted molar refractivity (Wildman–Crippen MR) is 455 cm³/mol. The van der Waals surface area contributed by atoms with Crippen LogP contribution >= 0.6 is 34.8 Å². The molecule has 7 N–H and O–H groups in total. The van der Waals surface area contributed by atoms with Crippen molar-refractivity contribution in [1.82, 2.24) is 54.5 Å². The van der Waals surface area contributed by atoms with E-state index in [1.54, 1.807) is 94.1 Å². The number of likely N-dealkylation sites (tertiary alicyclic amines) is 1. The molecule has 1 amide bonds. The molecule has 0 spiro atoms. The average Bonchev–Trinajstić information content (AvgIpc) is 1.61. The van der Waals surface area contributed by atoms with E-state index in [0.717, 1.165) is 113 Å². The predicted octanol–water partition coefficient (Wildman–Crippen LogP) is 17.6. The van der Waals surface area contributed by atoms with Crippen LogP contribution in [0.2, 0.25) is 15.5 Å². The molecule has 0 bridgehead atoms. The fraction of sp³-hybridized carbons (Fsp3) is 0.222. The Bertz CT molecular complexity index is 4920. The number of fused-ring (bicyclic) bond motifs is 1. The van der Waals surface area contributed by atoms with Crippen molar-refractivity contribution in [3.8, 4) is 57.3 Å². The molecule has 2 aliphatic heterocycles. The molecular weight excluding hydrogens is 1540 g/mol. The number of aliphatic hydroxyl groups excluding tert-OH is 1. The summed E-state index contributed by atoms with van der Waals surface area (Å²) in [5.74, 6) is 6.70. The standard InChI is InChI=1S/C23H23N5O.C17H14ClN3O.C17H13ClN2O2.C13H10O2.C11H19NO4.C4H3ClN2.C4H9.CH4.Li/c24-22-21-20(16-8-10-19(11-9-16)29-18-6-2-1-3-7-18)27-23(28(21)14-13-26-22)17-5-4-12-25-15-17;18-17-16(20-10-11-21-17)15(19)12-6-8-14(9-7-12)22-13-4-2-1-3-5-13;18-17-15(19-10-11-20-17)16(21)12-6-8-14(9-7-12)22-13-4-2-1-3-5-13;14-10-11-6-8-13(9-7-11)15-12-4-2-1-3-5-12;1-11(2,3)16-10(15)12-6-4-5-8(7-12)9(13)14;5-4-3-6-1-2-7-4;1-3-4-2;;/h1-3,6-11,13-14,17,25H,4-5,12,15H2,(H2,24,26);1-11,15H,19H2;1-11,16,21H;1-10H;8H,4-7H2,1-3H3,(H,13,14);1-3H;1,3-4H2,2H3;1H4;/q;;;;;;-1;;+1. The minimum atomic E-state index is -0.924. The molecule has 2 fully saturated rings. The van der Waals surface area contributed by atoms with Gasteiger partial charge in [0.05, 0.1) is 23.9 Å². The van der Waals surface area contributed by atoms with Crippen molar-refractivity contribution in [3.63, 3.8) is 0 Å². The molecule has 0 aliphatic carbocycles. The van der Waals surface area contributed by atoms with Crippen LogP contribution in [0.25, 0.3) is 16.8 Å². The largest absolute Gasteiger partial charge is 1.00 e. The number of ether oxygens (including phenoxy) is 5. The third-order valence-electron chi connectivity index (χ3n) is 17.0. The molecule has 0 saturated carbocycles. The Balaban J connectivity index is 0.000000198. The minimum Gasteiger partial charge on any atom is -0.481 e. The smallest absolute Gasteiger partial charge is 0.481 e. The number of nitrogen functional groups attached to an aromatic ring is 1. The molecule has 2 saturated heterocycles. The Hall–Kier alpha value is -11.6. The molecule has 7 heterocycles. The van der Waals surface area contributed by atoms with Crippen LogP contribution in [0.5, 0.6) is 46.0 Å². The third kappa shape index (κ3) is 30.2. The van der Waals surface area contributed by atoms with E-state index in [2.05, 4.69) is 58.5 Å². The number of imidazole rings is 1. The van der Waals surface area contributed by atoms with Gasteiger partial charge >= 0.3 is 30.9 Å². The number of benzene rings is 8. The number of nitrogens with zero attached hydrogens (tertiary/aromatic N) is 10. The maximum absolute atomic E-state index is 11.7. The Morgan fingerprint density at radius 1 is 0.607 bits per heavy atom. The first-order chi connectivity index (χ1) is 55.8. The second kappa shape index (κ2) is 48.7. The van der Waals surface area contributed by atoms with Gasteiger partial charge in [-0.2, -0.15) is 6.42 Å². The summed E-state index contributed by atoms with van der Waals surface area (Å²) >= 11 is 17.3. The van der Waals surface area contributed by atoms with Gasteiger partial charge in [0.1, 0.15) is 97.7 Å². The summed E-state index contributed by atoms with van der Waals surface area (Å²) < 4.78 is 30.2. The third-order valence-corrected chi connectivity index (χ3v) is 17.8. The second-order valence-corrected chi connectivity index (χ2v) is 27.8. The SMILES string of the molecule is C.CC(C)(C)OC(=O)N1CCCC(C(=O)O)C1.Clc1cnccn1.NC(c1ccc(Oc2ccccc2)cc1)c1nccnc1Cl.Nc1nccn2c(C3CCCNC3)nc(-c3ccc(Oc4ccccc4)cc3)c12.O=Cc1ccc(Oc2ccccc2)cc1.OC(c1ccc(Oc2ccccc2)cc1)c1nccnc1Cl.[CH2-]CCC.[Li+]. The van der Waals surface area contributed by atoms with Gasteiger partial charge in [0.15, 0.2) is 10.3 Å². The van der Waals surface area contributed by atoms with Crippen molar-refractivity contribution < 1.29 is 67.1 Å². The Kier molecular flexibility index (Phi) is 38.5. The molecule has 13 aromatic rings. The van der Waals surface area contributed by atoms with E-state index >= 15 is 0 Å². The quantitative estimate of drug-likeness (QED) is 0.0321. The van der Waals surface area contributed by atoms with Crippen molar-refractivity contribution in [2.24, 2.45) is 11.7 Å². The monoisotopic (exact) mass is 1630 g/mol. The molecule has 602 valence electrons. The summed E-state index contributed by atoms with van der Waals surface area (Å²) in [6.07, 6.45) is 19.8. The first-order valence-corrected chi connectivity index (χ1v) is 38.3. The second-order valence-electron chi connectivity index (χ2n) is 26.7. The zero-order chi connectivity index (χ0) is 81.7. The van der Waals surface area contributed by atoms with Crippen molar-refractivity contribution in [1.29, 1.82) is 0 Å². The van der Waals surface area contributed by atoms with Gasteiger partial charge in [0.25, 0.3) is 0 Å². The van der Waals surface area contributed by atoms with E-state index in [-0.39, 0.29) is 38.0 Å². The molecular formula is C90H95Cl3LiN13O10. The number of amides is 1. The summed E-state index contributed by atoms with van der Waals surface area (Å²) in [6.45, 7) is 13.9. The zero-order valence-corrected chi connectivity index (χ0v) is 67.3. The molecule has 27 heteroatoms. The van der Waals surface area contributed by atoms with E-state index < -0.39 is 35.7 Å². The number of para-hydroxylation sites is 4. The number of aldehydes is 1. The maximum Gasteiger partial charge on any atom is 1.00 e. The fourth-order valence-corrected chi connectivity index (χ4v) is 11.8. The van der Waals surface area contributed by atoms with Crippen LogP contribution in [-0.4, -0.2) is 110 Å². The number of piperidine rings is 2. The number of carboxylic acids is 1. The van der Waals surface area contributed by atoms with Crippen molar-refractivity contribution in [2.75, 3.05) is 31.9 Å². The number of carboxylic acid groups (broad SMARTS) is 1. The van der Waals surface area contributed by atoms with Gasteiger partial charge in [-0.1, -0.05) is 153 Å². The van der Waals surface area contributed by atoms with Crippen molar-refractivity contribution >= 4 is 64.5 Å². The van der Waals surface area contributed by atoms with Gasteiger partial charge in [0.2, 0.25) is 0 Å². The molecule has 5 aromatic heterocycles. The fourth-order valence-electron chi connectivity index (χ4n) is 11.2. The molecule has 2 aliphatic rings. The summed E-state index contributed by atoms with van der Waals surface area (Å²) in [6, 6.07) is 67.6. The molecule has 4 unspecified atom stereocenters. The van der Waals surface area contributed by atoms with Crippen LogP contribution in [0, 0.1) is 12.8 Å². The number of aliphatic hydroxyl groups is 1. The van der Waals surface area contributed by atoms with Gasteiger partial charge in [-0.05, 0) is 185 Å². The topological polar surface area (TPSA) is 313 Å². The first kappa shape index (κ1) is 92.5. The maximum atomic E-state index is 11.7. The number of rotatable bonds is 17. The van der Waals surface area contributed by atoms with E-state index in [9.17, 15) is 19.5 Å². The minimum absolute atomic E-state index is 0. The number of hydrogen-bond donors (Lipinski definition) is 5. The van der Waals surface area contributed by atoms with Gasteiger partial charge < -0.3 is 62.5 Å². The summed E-state index contributed by atoms with van der Waals surface area (Å²) in [5, 5.41) is 23.6. The molecule has 0 radical (unpaired) electrons. The summed E-state index contributed by atoms with van der Waals surface area (Å²) in [4.78, 5) is 67.3. The van der Waals surface area contributed by atoms with Crippen LogP contribution in [0.3, 0.4) is 0 Å². The molecule has 23 nitrogen and oxygen atoms in total. The van der Waals surface area contributed by atoms with Crippen molar-refractivity contribution in [3.05, 3.63) is 330 Å². The van der Waals surface area contributed by atoms with Crippen LogP contribution in [0.1, 0.15) is 130 Å². The van der Waals surface area contributed by atoms with Crippen LogP contribution in [0.4, 0.5) is 10.6 Å². The van der Waals surface area contributed by atoms with Gasteiger partial charge in [0, 0.05) is 86.3 Å². The number of carbonyl (C=O) groups is 3.